The smallest absolute Gasteiger partial charge is 0.316 e. The molecule has 9 heteroatoms. The van der Waals surface area contributed by atoms with Crippen LogP contribution >= 0.6 is 0 Å². The van der Waals surface area contributed by atoms with Gasteiger partial charge in [0.1, 0.15) is 22.4 Å². The predicted molar refractivity (Wildman–Crippen MR) is 118 cm³/mol. The molecule has 1 unspecified atom stereocenters. The lowest BCUT2D eigenvalue weighted by atomic mass is 10.0. The highest BCUT2D eigenvalue weighted by Gasteiger charge is 2.23. The van der Waals surface area contributed by atoms with Crippen molar-refractivity contribution < 1.29 is 21.6 Å². The van der Waals surface area contributed by atoms with Gasteiger partial charge in [-0.15, -0.1) is 4.36 Å². The van der Waals surface area contributed by atoms with Crippen LogP contribution < -0.4 is 9.88 Å². The van der Waals surface area contributed by atoms with Crippen molar-refractivity contribution in [2.24, 2.45) is 9.50 Å². The second-order valence-corrected chi connectivity index (χ2v) is 8.98. The zero-order valence-electron chi connectivity index (χ0n) is 16.8. The molecular weight excluding hydrogens is 436 g/mol. The highest BCUT2D eigenvalue weighted by atomic mass is 32.2. The Labute approximate surface area is 183 Å². The topological polar surface area (TPSA) is 116 Å². The molecule has 2 N–H and O–H groups in total. The first-order valence-corrected chi connectivity index (χ1v) is 12.1. The van der Waals surface area contributed by atoms with E-state index in [1.165, 1.54) is 41.0 Å². The highest BCUT2D eigenvalue weighted by Crippen LogP contribution is 2.36. The fraction of sp³-hybridized carbons (Fsp3) is 0.182. The molecule has 1 atom stereocenters. The lowest BCUT2D eigenvalue weighted by Gasteiger charge is -2.11. The summed E-state index contributed by atoms with van der Waals surface area (Å²) in [6, 6.07) is 22.4. The highest BCUT2D eigenvalue weighted by molar-refractivity contribution is 7.89. The van der Waals surface area contributed by atoms with Crippen LogP contribution in [-0.2, 0) is 33.4 Å². The second-order valence-electron chi connectivity index (χ2n) is 6.83. The zero-order chi connectivity index (χ0) is 22.4. The van der Waals surface area contributed by atoms with Crippen LogP contribution in [0.1, 0.15) is 29.7 Å². The van der Waals surface area contributed by atoms with E-state index in [0.717, 1.165) is 18.6 Å². The van der Waals surface area contributed by atoms with Crippen LogP contribution in [-0.4, -0.2) is 16.8 Å². The zero-order valence-corrected chi connectivity index (χ0v) is 18.4. The Bertz CT molecular complexity index is 1270. The van der Waals surface area contributed by atoms with E-state index >= 15 is 0 Å². The number of primary sulfonamides is 1. The number of para-hydroxylation sites is 1. The quantitative estimate of drug-likeness (QED) is 0.635. The molecule has 31 heavy (non-hydrogen) atoms. The molecule has 7 nitrogen and oxygen atoms in total. The minimum atomic E-state index is -3.95. The van der Waals surface area contributed by atoms with E-state index in [2.05, 4.69) is 53.8 Å². The molecule has 0 bridgehead atoms. The molecule has 3 aromatic carbocycles. The van der Waals surface area contributed by atoms with Crippen LogP contribution in [0, 0.1) is 0 Å². The fourth-order valence-electron chi connectivity index (χ4n) is 3.19. The first-order chi connectivity index (χ1) is 14.8. The summed E-state index contributed by atoms with van der Waals surface area (Å²) in [5, 5.41) is 4.84. The average molecular weight is 459 g/mol. The SMILES string of the molecule is CCc1ccc(C2Cc3ccccc3O2)cc1.NS(=O)(=O)c1ccccc1N=S(=O)=O. The Morgan fingerprint density at radius 1 is 1.00 bits per heavy atom. The largest absolute Gasteiger partial charge is 0.485 e. The summed E-state index contributed by atoms with van der Waals surface area (Å²) >= 11 is 0. The van der Waals surface area contributed by atoms with Crippen LogP contribution in [0.4, 0.5) is 5.69 Å². The molecular formula is C22H22N2O5S2. The predicted octanol–water partition coefficient (Wildman–Crippen LogP) is 3.95. The molecule has 1 aliphatic rings. The van der Waals surface area contributed by atoms with Gasteiger partial charge in [-0.3, -0.25) is 0 Å². The molecule has 3 aromatic rings. The van der Waals surface area contributed by atoms with Crippen molar-refractivity contribution in [3.8, 4) is 5.75 Å². The maximum atomic E-state index is 11.0. The summed E-state index contributed by atoms with van der Waals surface area (Å²) in [5.41, 5.74) is 3.78. The van der Waals surface area contributed by atoms with Gasteiger partial charge in [0, 0.05) is 6.42 Å². The summed E-state index contributed by atoms with van der Waals surface area (Å²) in [7, 11) is -6.65. The Kier molecular flexibility index (Phi) is 7.21. The minimum Gasteiger partial charge on any atom is -0.485 e. The van der Waals surface area contributed by atoms with Crippen molar-refractivity contribution in [1.29, 1.82) is 0 Å². The van der Waals surface area contributed by atoms with Gasteiger partial charge in [-0.25, -0.2) is 13.6 Å². The third kappa shape index (κ3) is 6.00. The first-order valence-electron chi connectivity index (χ1n) is 9.54. The molecule has 0 spiro atoms. The van der Waals surface area contributed by atoms with E-state index in [9.17, 15) is 16.8 Å². The number of aryl methyl sites for hydroxylation is 1. The molecule has 4 rings (SSSR count). The summed E-state index contributed by atoms with van der Waals surface area (Å²) in [4.78, 5) is -0.316. The van der Waals surface area contributed by atoms with Crippen LogP contribution in [0.2, 0.25) is 0 Å². The van der Waals surface area contributed by atoms with Gasteiger partial charge in [-0.2, -0.15) is 8.42 Å². The van der Waals surface area contributed by atoms with Crippen molar-refractivity contribution in [2.45, 2.75) is 30.8 Å². The average Bonchev–Trinajstić information content (AvgIpc) is 3.18. The van der Waals surface area contributed by atoms with Gasteiger partial charge >= 0.3 is 10.5 Å². The number of sulfonamides is 1. The second kappa shape index (κ2) is 9.86. The van der Waals surface area contributed by atoms with E-state index in [4.69, 9.17) is 9.88 Å². The summed E-state index contributed by atoms with van der Waals surface area (Å²) in [6.07, 6.45) is 2.27. The number of nitrogens with zero attached hydrogens (tertiary/aromatic N) is 1. The lowest BCUT2D eigenvalue weighted by molar-refractivity contribution is 0.238. The number of hydrogen-bond donors (Lipinski definition) is 1. The van der Waals surface area contributed by atoms with Gasteiger partial charge < -0.3 is 4.74 Å². The monoisotopic (exact) mass is 458 g/mol. The molecule has 0 amide bonds. The summed E-state index contributed by atoms with van der Waals surface area (Å²) in [5.74, 6) is 1.04. The Balaban J connectivity index is 0.000000180. The number of ether oxygens (including phenoxy) is 1. The number of benzene rings is 3. The molecule has 0 fully saturated rings. The molecule has 162 valence electrons. The van der Waals surface area contributed by atoms with Gasteiger partial charge in [0.15, 0.2) is 0 Å². The summed E-state index contributed by atoms with van der Waals surface area (Å²) in [6.45, 7) is 2.18. The third-order valence-electron chi connectivity index (χ3n) is 4.75. The van der Waals surface area contributed by atoms with Crippen molar-refractivity contribution in [3.05, 3.63) is 89.5 Å². The molecule has 0 saturated heterocycles. The maximum Gasteiger partial charge on any atom is 0.316 e. The Morgan fingerprint density at radius 2 is 1.65 bits per heavy atom. The van der Waals surface area contributed by atoms with Crippen LogP contribution in [0.25, 0.3) is 0 Å². The Hall–Kier alpha value is -3.01. The van der Waals surface area contributed by atoms with Gasteiger partial charge in [0.25, 0.3) is 0 Å². The van der Waals surface area contributed by atoms with Gasteiger partial charge in [0.05, 0.1) is 0 Å². The van der Waals surface area contributed by atoms with E-state index in [1.54, 1.807) is 0 Å². The van der Waals surface area contributed by atoms with Crippen molar-refractivity contribution in [1.82, 2.24) is 0 Å². The van der Waals surface area contributed by atoms with E-state index in [-0.39, 0.29) is 16.7 Å². The van der Waals surface area contributed by atoms with Crippen LogP contribution in [0.5, 0.6) is 5.75 Å². The van der Waals surface area contributed by atoms with E-state index < -0.39 is 20.5 Å². The minimum absolute atomic E-state index is 0.191. The number of nitrogens with two attached hydrogens (primary N) is 1. The molecule has 0 saturated carbocycles. The number of hydrogen-bond acceptors (Lipinski definition) is 6. The molecule has 1 heterocycles. The molecule has 0 aromatic heterocycles. The Morgan fingerprint density at radius 3 is 2.26 bits per heavy atom. The standard InChI is InChI=1S/C16H16O.C6H6N2O4S2/c1-2-12-7-9-13(10-8-12)16-11-14-5-3-4-6-15(14)17-16;7-14(11,12)6-4-2-1-3-5(6)8-13(9)10/h3-10,16H,2,11H2,1H3;1-4H,(H2,7,11,12). The normalized spacial score (nSPS) is 14.6. The van der Waals surface area contributed by atoms with Crippen molar-refractivity contribution >= 4 is 26.2 Å². The number of fused-ring (bicyclic) bond motifs is 1. The lowest BCUT2D eigenvalue weighted by Crippen LogP contribution is -2.12. The van der Waals surface area contributed by atoms with Gasteiger partial charge in [0.2, 0.25) is 10.0 Å². The van der Waals surface area contributed by atoms with Crippen LogP contribution in [0.3, 0.4) is 0 Å². The third-order valence-corrected chi connectivity index (χ3v) is 6.06. The first kappa shape index (κ1) is 22.7. The molecule has 0 radical (unpaired) electrons. The van der Waals surface area contributed by atoms with Gasteiger partial charge in [-0.05, 0) is 41.3 Å². The van der Waals surface area contributed by atoms with E-state index in [1.807, 2.05) is 6.07 Å². The number of rotatable bonds is 4. The fourth-order valence-corrected chi connectivity index (χ4v) is 4.24. The summed E-state index contributed by atoms with van der Waals surface area (Å²) < 4.78 is 51.4. The molecule has 0 aliphatic carbocycles. The van der Waals surface area contributed by atoms with Crippen molar-refractivity contribution in [3.63, 3.8) is 0 Å². The van der Waals surface area contributed by atoms with Crippen molar-refractivity contribution in [2.75, 3.05) is 0 Å². The van der Waals surface area contributed by atoms with Gasteiger partial charge in [-0.1, -0.05) is 61.5 Å². The molecule has 1 aliphatic heterocycles. The van der Waals surface area contributed by atoms with Crippen LogP contribution in [0.15, 0.2) is 82.1 Å². The van der Waals surface area contributed by atoms with E-state index in [0.29, 0.717) is 0 Å². The maximum absolute atomic E-state index is 11.0.